The summed E-state index contributed by atoms with van der Waals surface area (Å²) in [4.78, 5) is 10.7. The Morgan fingerprint density at radius 3 is 2.33 bits per heavy atom. The maximum absolute atomic E-state index is 10.7. The van der Waals surface area contributed by atoms with Crippen LogP contribution in [0.25, 0.3) is 0 Å². The maximum Gasteiger partial charge on any atom is 0.140 e. The van der Waals surface area contributed by atoms with E-state index in [1.54, 1.807) is 12.2 Å². The van der Waals surface area contributed by atoms with E-state index >= 15 is 0 Å². The average Bonchev–Trinajstić information content (AvgIpc) is 1.79. The molecule has 9 heavy (non-hydrogen) atoms. The number of hydrogen-bond donors (Lipinski definition) is 0. The number of carbonyl (C=O) groups excluding carboxylic acids is 1. The zero-order chi connectivity index (χ0) is 6.53. The lowest BCUT2D eigenvalue weighted by Gasteiger charge is -1.95. The third-order valence-corrected chi connectivity index (χ3v) is 1.04. The molecule has 0 unspecified atom stereocenters. The molecular weight excluding hydrogens is 116 g/mol. The van der Waals surface area contributed by atoms with E-state index in [2.05, 4.69) is 0 Å². The molecule has 0 amide bonds. The summed E-state index contributed by atoms with van der Waals surface area (Å²) >= 11 is 0. The van der Waals surface area contributed by atoms with Crippen LogP contribution in [0.5, 0.6) is 0 Å². The van der Waals surface area contributed by atoms with E-state index < -0.39 is 0 Å². The fraction of sp³-hybridized carbons (Fsp3) is 0.286. The van der Waals surface area contributed by atoms with Gasteiger partial charge >= 0.3 is 0 Å². The highest BCUT2D eigenvalue weighted by molar-refractivity contribution is 5.81. The van der Waals surface area contributed by atoms with Crippen molar-refractivity contribution >= 4 is 5.78 Å². The highest BCUT2D eigenvalue weighted by Gasteiger charge is 1.95. The molecule has 0 aromatic carbocycles. The molecule has 0 aromatic rings. The van der Waals surface area contributed by atoms with Gasteiger partial charge in [-0.3, -0.25) is 4.79 Å². The van der Waals surface area contributed by atoms with Crippen molar-refractivity contribution in [1.29, 1.82) is 0 Å². The van der Waals surface area contributed by atoms with Crippen molar-refractivity contribution in [2.45, 2.75) is 12.8 Å². The topological polar surface area (TPSA) is 26.3 Å². The number of Topliss-reactive ketones (excluding diaryl/α,β-unsaturated/α-hetero) is 1. The third kappa shape index (κ3) is 2.13. The Morgan fingerprint density at radius 2 is 1.78 bits per heavy atom. The SMILES string of the molecule is O=C1C/C=C\O/C=C\C1. The minimum absolute atomic E-state index is 0.228. The molecule has 0 radical (unpaired) electrons. The minimum Gasteiger partial charge on any atom is -0.473 e. The highest BCUT2D eigenvalue weighted by Crippen LogP contribution is 1.97. The van der Waals surface area contributed by atoms with E-state index in [-0.39, 0.29) is 5.78 Å². The van der Waals surface area contributed by atoms with Gasteiger partial charge in [0.05, 0.1) is 12.5 Å². The lowest BCUT2D eigenvalue weighted by atomic mass is 10.2. The molecule has 0 aromatic heterocycles. The van der Waals surface area contributed by atoms with Gasteiger partial charge in [0.1, 0.15) is 5.78 Å². The Bertz CT molecular complexity index is 140. The van der Waals surface area contributed by atoms with E-state index in [1.807, 2.05) is 0 Å². The molecule has 1 aliphatic heterocycles. The number of rotatable bonds is 0. The summed E-state index contributed by atoms with van der Waals surface area (Å²) in [5.74, 6) is 0.228. The van der Waals surface area contributed by atoms with Crippen molar-refractivity contribution in [3.05, 3.63) is 24.7 Å². The van der Waals surface area contributed by atoms with Crippen LogP contribution < -0.4 is 0 Å². The fourth-order valence-electron chi connectivity index (χ4n) is 0.599. The number of ether oxygens (including phenoxy) is 1. The van der Waals surface area contributed by atoms with Gasteiger partial charge in [0.15, 0.2) is 0 Å². The fourth-order valence-corrected chi connectivity index (χ4v) is 0.599. The van der Waals surface area contributed by atoms with E-state index in [9.17, 15) is 4.79 Å². The van der Waals surface area contributed by atoms with Gasteiger partial charge in [0.2, 0.25) is 0 Å². The Labute approximate surface area is 53.8 Å². The molecule has 48 valence electrons. The smallest absolute Gasteiger partial charge is 0.140 e. The third-order valence-electron chi connectivity index (χ3n) is 1.04. The maximum atomic E-state index is 10.7. The van der Waals surface area contributed by atoms with Crippen LogP contribution in [0.15, 0.2) is 24.7 Å². The molecule has 0 N–H and O–H groups in total. The zero-order valence-corrected chi connectivity index (χ0v) is 5.04. The van der Waals surface area contributed by atoms with Crippen LogP contribution in [0.4, 0.5) is 0 Å². The lowest BCUT2D eigenvalue weighted by molar-refractivity contribution is -0.117. The van der Waals surface area contributed by atoms with E-state index in [4.69, 9.17) is 4.74 Å². The van der Waals surface area contributed by atoms with Gasteiger partial charge in [-0.15, -0.1) is 0 Å². The molecule has 0 fully saturated rings. The first-order valence-electron chi connectivity index (χ1n) is 2.87. The van der Waals surface area contributed by atoms with Crippen LogP contribution in [0.1, 0.15) is 12.8 Å². The summed E-state index contributed by atoms with van der Waals surface area (Å²) in [6.07, 6.45) is 7.45. The summed E-state index contributed by atoms with van der Waals surface area (Å²) in [6.45, 7) is 0. The lowest BCUT2D eigenvalue weighted by Crippen LogP contribution is -1.93. The van der Waals surface area contributed by atoms with E-state index in [1.165, 1.54) is 12.5 Å². The normalized spacial score (nSPS) is 25.6. The van der Waals surface area contributed by atoms with Gasteiger partial charge < -0.3 is 4.74 Å². The molecule has 0 saturated heterocycles. The van der Waals surface area contributed by atoms with Gasteiger partial charge in [-0.1, -0.05) is 0 Å². The first-order chi connectivity index (χ1) is 4.39. The summed E-state index contributed by atoms with van der Waals surface area (Å²) in [5, 5.41) is 0. The molecule has 1 heterocycles. The molecule has 0 saturated carbocycles. The molecule has 1 rings (SSSR count). The second-order valence-electron chi connectivity index (χ2n) is 1.83. The molecule has 2 heteroatoms. The molecule has 0 spiro atoms. The first kappa shape index (κ1) is 6.08. The van der Waals surface area contributed by atoms with E-state index in [0.717, 1.165) is 0 Å². The highest BCUT2D eigenvalue weighted by atomic mass is 16.5. The van der Waals surface area contributed by atoms with Crippen LogP contribution in [0.2, 0.25) is 0 Å². The molecule has 0 atom stereocenters. The van der Waals surface area contributed by atoms with Crippen LogP contribution in [0.3, 0.4) is 0 Å². The first-order valence-corrected chi connectivity index (χ1v) is 2.87. The van der Waals surface area contributed by atoms with Gasteiger partial charge in [-0.25, -0.2) is 0 Å². The van der Waals surface area contributed by atoms with Crippen molar-refractivity contribution in [1.82, 2.24) is 0 Å². The second-order valence-corrected chi connectivity index (χ2v) is 1.83. The van der Waals surface area contributed by atoms with E-state index in [0.29, 0.717) is 12.8 Å². The quantitative estimate of drug-likeness (QED) is 0.487. The molecule has 0 aliphatic carbocycles. The predicted octanol–water partition coefficient (Wildman–Crippen LogP) is 1.39. The second kappa shape index (κ2) is 3.07. The molecular formula is C7H8O2. The summed E-state index contributed by atoms with van der Waals surface area (Å²) in [7, 11) is 0. The van der Waals surface area contributed by atoms with Gasteiger partial charge in [0.25, 0.3) is 0 Å². The molecule has 2 nitrogen and oxygen atoms in total. The van der Waals surface area contributed by atoms with Gasteiger partial charge in [-0.05, 0) is 12.2 Å². The van der Waals surface area contributed by atoms with Crippen LogP contribution >= 0.6 is 0 Å². The standard InChI is InChI=1S/C7H8O2/c8-7-3-1-5-9-6-2-4-7/h1-2,5-6H,3-4H2/b5-1-,6-2-. The van der Waals surface area contributed by atoms with Crippen LogP contribution in [-0.4, -0.2) is 5.78 Å². The predicted molar refractivity (Wildman–Crippen MR) is 33.6 cm³/mol. The van der Waals surface area contributed by atoms with Crippen LogP contribution in [0, 0.1) is 0 Å². The number of ketones is 1. The van der Waals surface area contributed by atoms with Gasteiger partial charge in [-0.2, -0.15) is 0 Å². The Balaban J connectivity index is 2.50. The van der Waals surface area contributed by atoms with Crippen molar-refractivity contribution in [2.24, 2.45) is 0 Å². The Morgan fingerprint density at radius 1 is 1.22 bits per heavy atom. The average molecular weight is 124 g/mol. The number of allylic oxidation sites excluding steroid dienone is 2. The van der Waals surface area contributed by atoms with Crippen molar-refractivity contribution in [2.75, 3.05) is 0 Å². The Hall–Kier alpha value is -1.05. The van der Waals surface area contributed by atoms with Crippen LogP contribution in [-0.2, 0) is 9.53 Å². The van der Waals surface area contributed by atoms with Crippen molar-refractivity contribution in [3.63, 3.8) is 0 Å². The summed E-state index contributed by atoms with van der Waals surface area (Å²) < 4.78 is 4.81. The monoisotopic (exact) mass is 124 g/mol. The van der Waals surface area contributed by atoms with Gasteiger partial charge in [0, 0.05) is 12.8 Å². The molecule has 1 aliphatic rings. The molecule has 0 bridgehead atoms. The zero-order valence-electron chi connectivity index (χ0n) is 5.04. The summed E-state index contributed by atoms with van der Waals surface area (Å²) in [5.41, 5.74) is 0. The Kier molecular flexibility index (Phi) is 2.07. The summed E-state index contributed by atoms with van der Waals surface area (Å²) in [6, 6.07) is 0. The number of carbonyl (C=O) groups is 1. The number of hydrogen-bond acceptors (Lipinski definition) is 2. The van der Waals surface area contributed by atoms with Crippen molar-refractivity contribution in [3.8, 4) is 0 Å². The largest absolute Gasteiger partial charge is 0.473 e. The minimum atomic E-state index is 0.228. The van der Waals surface area contributed by atoms with Crippen molar-refractivity contribution < 1.29 is 9.53 Å².